The minimum absolute atomic E-state index is 0.179. The van der Waals surface area contributed by atoms with Crippen molar-refractivity contribution in [3.63, 3.8) is 0 Å². The molecule has 0 saturated heterocycles. The van der Waals surface area contributed by atoms with E-state index in [-0.39, 0.29) is 5.75 Å². The first-order valence-electron chi connectivity index (χ1n) is 8.49. The Labute approximate surface area is 161 Å². The van der Waals surface area contributed by atoms with E-state index in [0.717, 1.165) is 16.5 Å². The maximum absolute atomic E-state index is 9.65. The summed E-state index contributed by atoms with van der Waals surface area (Å²) in [6.45, 7) is 0.548. The Morgan fingerprint density at radius 2 is 1.70 bits per heavy atom. The highest BCUT2D eigenvalue weighted by molar-refractivity contribution is 6.31. The monoisotopic (exact) mass is 376 g/mol. The van der Waals surface area contributed by atoms with Gasteiger partial charge in [0.05, 0.1) is 5.52 Å². The van der Waals surface area contributed by atoms with Gasteiger partial charge in [0.15, 0.2) is 0 Å². The third-order valence-electron chi connectivity index (χ3n) is 4.11. The molecule has 0 aliphatic rings. The van der Waals surface area contributed by atoms with E-state index in [2.05, 4.69) is 20.6 Å². The molecule has 0 unspecified atom stereocenters. The van der Waals surface area contributed by atoms with Crippen LogP contribution < -0.4 is 10.6 Å². The van der Waals surface area contributed by atoms with E-state index >= 15 is 0 Å². The van der Waals surface area contributed by atoms with Crippen molar-refractivity contribution in [2.75, 3.05) is 10.6 Å². The number of aromatic hydroxyl groups is 1. The molecule has 0 aliphatic carbocycles. The second kappa shape index (κ2) is 7.51. The van der Waals surface area contributed by atoms with E-state index < -0.39 is 0 Å². The number of hydrogen-bond acceptors (Lipinski definition) is 5. The van der Waals surface area contributed by atoms with Gasteiger partial charge in [0, 0.05) is 28.7 Å². The van der Waals surface area contributed by atoms with Gasteiger partial charge in [-0.15, -0.1) is 0 Å². The Kier molecular flexibility index (Phi) is 4.77. The molecule has 27 heavy (non-hydrogen) atoms. The molecule has 5 nitrogen and oxygen atoms in total. The normalized spacial score (nSPS) is 10.7. The fourth-order valence-electron chi connectivity index (χ4n) is 2.80. The molecule has 3 aromatic carbocycles. The Bertz CT molecular complexity index is 1100. The number of para-hydroxylation sites is 1. The van der Waals surface area contributed by atoms with Crippen molar-refractivity contribution in [1.29, 1.82) is 0 Å². The average molecular weight is 377 g/mol. The van der Waals surface area contributed by atoms with Crippen LogP contribution in [0, 0.1) is 0 Å². The molecule has 0 bridgehead atoms. The lowest BCUT2D eigenvalue weighted by Crippen LogP contribution is -2.06. The van der Waals surface area contributed by atoms with Crippen LogP contribution in [0.4, 0.5) is 17.5 Å². The van der Waals surface area contributed by atoms with Crippen LogP contribution in [0.15, 0.2) is 72.8 Å². The molecule has 0 fully saturated rings. The SMILES string of the molecule is Oc1cccc(Nc2nc(NCc3ccccc3Cl)c3ccccc3n2)c1. The molecule has 1 aromatic heterocycles. The van der Waals surface area contributed by atoms with Gasteiger partial charge in [-0.05, 0) is 35.9 Å². The quantitative estimate of drug-likeness (QED) is 0.438. The van der Waals surface area contributed by atoms with Crippen LogP contribution in [0.2, 0.25) is 5.02 Å². The molecule has 3 N–H and O–H groups in total. The predicted octanol–water partition coefficient (Wildman–Crippen LogP) is 5.34. The van der Waals surface area contributed by atoms with Crippen LogP contribution >= 0.6 is 11.6 Å². The summed E-state index contributed by atoms with van der Waals surface area (Å²) in [5.41, 5.74) is 2.52. The van der Waals surface area contributed by atoms with E-state index in [9.17, 15) is 5.11 Å². The maximum Gasteiger partial charge on any atom is 0.229 e. The second-order valence-electron chi connectivity index (χ2n) is 6.03. The van der Waals surface area contributed by atoms with E-state index in [1.165, 1.54) is 0 Å². The molecule has 4 aromatic rings. The lowest BCUT2D eigenvalue weighted by molar-refractivity contribution is 0.475. The number of phenolic OH excluding ortho intramolecular Hbond substituents is 1. The molecule has 0 amide bonds. The number of halogens is 1. The molecular weight excluding hydrogens is 360 g/mol. The maximum atomic E-state index is 9.65. The van der Waals surface area contributed by atoms with Crippen LogP contribution in [-0.2, 0) is 6.54 Å². The first-order valence-corrected chi connectivity index (χ1v) is 8.87. The summed E-state index contributed by atoms with van der Waals surface area (Å²) in [5.74, 6) is 1.34. The van der Waals surface area contributed by atoms with Crippen LogP contribution in [0.1, 0.15) is 5.56 Å². The number of phenols is 1. The molecule has 6 heteroatoms. The molecular formula is C21H17ClN4O. The zero-order chi connectivity index (χ0) is 18.6. The predicted molar refractivity (Wildman–Crippen MR) is 110 cm³/mol. The Hall–Kier alpha value is -3.31. The number of benzene rings is 3. The van der Waals surface area contributed by atoms with E-state index in [1.54, 1.807) is 18.2 Å². The van der Waals surface area contributed by atoms with Gasteiger partial charge in [-0.3, -0.25) is 0 Å². The fourth-order valence-corrected chi connectivity index (χ4v) is 3.00. The zero-order valence-electron chi connectivity index (χ0n) is 14.4. The number of hydrogen-bond donors (Lipinski definition) is 3. The van der Waals surface area contributed by atoms with Crippen molar-refractivity contribution in [1.82, 2.24) is 9.97 Å². The van der Waals surface area contributed by atoms with Crippen LogP contribution in [-0.4, -0.2) is 15.1 Å². The number of rotatable bonds is 5. The minimum atomic E-state index is 0.179. The number of nitrogens with zero attached hydrogens (tertiary/aromatic N) is 2. The first kappa shape index (κ1) is 17.1. The molecule has 1 heterocycles. The van der Waals surface area contributed by atoms with E-state index in [1.807, 2.05) is 54.6 Å². The molecule has 0 atom stereocenters. The minimum Gasteiger partial charge on any atom is -0.508 e. The zero-order valence-corrected chi connectivity index (χ0v) is 15.1. The van der Waals surface area contributed by atoms with Crippen molar-refractivity contribution in [3.8, 4) is 5.75 Å². The largest absolute Gasteiger partial charge is 0.508 e. The Morgan fingerprint density at radius 3 is 2.56 bits per heavy atom. The van der Waals surface area contributed by atoms with Crippen molar-refractivity contribution >= 4 is 40.0 Å². The van der Waals surface area contributed by atoms with Crippen LogP contribution in [0.3, 0.4) is 0 Å². The highest BCUT2D eigenvalue weighted by atomic mass is 35.5. The van der Waals surface area contributed by atoms with Crippen LogP contribution in [0.25, 0.3) is 10.9 Å². The van der Waals surface area contributed by atoms with Crippen molar-refractivity contribution < 1.29 is 5.11 Å². The molecule has 134 valence electrons. The number of nitrogens with one attached hydrogen (secondary N) is 2. The summed E-state index contributed by atoms with van der Waals surface area (Å²) in [6, 6.07) is 22.3. The summed E-state index contributed by atoms with van der Waals surface area (Å²) in [6.07, 6.45) is 0. The molecule has 4 rings (SSSR count). The third-order valence-corrected chi connectivity index (χ3v) is 4.48. The van der Waals surface area contributed by atoms with Gasteiger partial charge in [-0.1, -0.05) is 48.0 Å². The van der Waals surface area contributed by atoms with Crippen LogP contribution in [0.5, 0.6) is 5.75 Å². The molecule has 0 spiro atoms. The average Bonchev–Trinajstić information content (AvgIpc) is 2.67. The molecule has 0 aliphatic heterocycles. The van der Waals surface area contributed by atoms with E-state index in [0.29, 0.717) is 29.0 Å². The number of fused-ring (bicyclic) bond motifs is 1. The van der Waals surface area contributed by atoms with Crippen molar-refractivity contribution in [3.05, 3.63) is 83.4 Å². The molecule has 0 radical (unpaired) electrons. The summed E-state index contributed by atoms with van der Waals surface area (Å²) >= 11 is 6.25. The van der Waals surface area contributed by atoms with Crippen molar-refractivity contribution in [2.24, 2.45) is 0 Å². The summed E-state index contributed by atoms with van der Waals surface area (Å²) in [4.78, 5) is 9.18. The van der Waals surface area contributed by atoms with Gasteiger partial charge in [-0.2, -0.15) is 4.98 Å². The number of anilines is 3. The van der Waals surface area contributed by atoms with Gasteiger partial charge in [0.25, 0.3) is 0 Å². The summed E-state index contributed by atoms with van der Waals surface area (Å²) in [5, 5.41) is 17.8. The second-order valence-corrected chi connectivity index (χ2v) is 6.44. The fraction of sp³-hybridized carbons (Fsp3) is 0.0476. The Morgan fingerprint density at radius 1 is 0.889 bits per heavy atom. The lowest BCUT2D eigenvalue weighted by Gasteiger charge is -2.12. The standard InChI is InChI=1S/C21H17ClN4O/c22-18-10-3-1-6-14(18)13-23-20-17-9-2-4-11-19(17)25-21(26-20)24-15-7-5-8-16(27)12-15/h1-12,27H,13H2,(H2,23,24,25,26). The third kappa shape index (κ3) is 3.93. The summed E-state index contributed by atoms with van der Waals surface area (Å²) in [7, 11) is 0. The van der Waals surface area contributed by atoms with Gasteiger partial charge in [0.2, 0.25) is 5.95 Å². The number of aromatic nitrogens is 2. The van der Waals surface area contributed by atoms with Crippen molar-refractivity contribution in [2.45, 2.75) is 6.54 Å². The van der Waals surface area contributed by atoms with Gasteiger partial charge < -0.3 is 15.7 Å². The highest BCUT2D eigenvalue weighted by Crippen LogP contribution is 2.26. The molecule has 0 saturated carbocycles. The van der Waals surface area contributed by atoms with Gasteiger partial charge >= 0.3 is 0 Å². The van der Waals surface area contributed by atoms with E-state index in [4.69, 9.17) is 11.6 Å². The topological polar surface area (TPSA) is 70.1 Å². The highest BCUT2D eigenvalue weighted by Gasteiger charge is 2.09. The summed E-state index contributed by atoms with van der Waals surface area (Å²) < 4.78 is 0. The Balaban J connectivity index is 1.67. The lowest BCUT2D eigenvalue weighted by atomic mass is 10.2. The smallest absolute Gasteiger partial charge is 0.229 e. The van der Waals surface area contributed by atoms with Gasteiger partial charge in [0.1, 0.15) is 11.6 Å². The first-order chi connectivity index (χ1) is 13.2. The van der Waals surface area contributed by atoms with Gasteiger partial charge in [-0.25, -0.2) is 4.98 Å².